The molecule has 2 heterocycles. The lowest BCUT2D eigenvalue weighted by Crippen LogP contribution is -2.48. The molecule has 3 amide bonds. The molecular weight excluding hydrogens is 370 g/mol. The zero-order chi connectivity index (χ0) is 20.7. The second-order valence-electron chi connectivity index (χ2n) is 8.25. The van der Waals surface area contributed by atoms with Crippen LogP contribution in [0, 0.1) is 24.7 Å². The van der Waals surface area contributed by atoms with Gasteiger partial charge in [-0.3, -0.25) is 19.3 Å². The highest BCUT2D eigenvalue weighted by atomic mass is 16.3. The maximum atomic E-state index is 13.2. The van der Waals surface area contributed by atoms with Crippen LogP contribution in [0.1, 0.15) is 39.0 Å². The number of benzene rings is 1. The first kappa shape index (κ1) is 19.4. The summed E-state index contributed by atoms with van der Waals surface area (Å²) in [5, 5.41) is 2.87. The Bertz CT molecular complexity index is 981. The van der Waals surface area contributed by atoms with Crippen LogP contribution in [0.2, 0.25) is 0 Å². The average molecular weight is 395 g/mol. The molecule has 29 heavy (non-hydrogen) atoms. The van der Waals surface area contributed by atoms with Crippen molar-refractivity contribution in [2.75, 3.05) is 5.32 Å². The maximum Gasteiger partial charge on any atom is 0.247 e. The van der Waals surface area contributed by atoms with Crippen molar-refractivity contribution in [2.24, 2.45) is 17.8 Å². The van der Waals surface area contributed by atoms with Gasteiger partial charge in [0.1, 0.15) is 11.6 Å². The van der Waals surface area contributed by atoms with E-state index in [1.807, 2.05) is 26.0 Å². The van der Waals surface area contributed by atoms with Crippen LogP contribution < -0.4 is 5.32 Å². The monoisotopic (exact) mass is 395 g/mol. The fourth-order valence-corrected chi connectivity index (χ4v) is 4.26. The van der Waals surface area contributed by atoms with E-state index in [0.29, 0.717) is 41.9 Å². The van der Waals surface area contributed by atoms with Crippen LogP contribution in [0.15, 0.2) is 34.8 Å². The third-order valence-electron chi connectivity index (χ3n) is 5.61. The lowest BCUT2D eigenvalue weighted by atomic mass is 9.85. The summed E-state index contributed by atoms with van der Waals surface area (Å²) in [6.45, 7) is 5.71. The molecule has 0 spiro atoms. The lowest BCUT2D eigenvalue weighted by Gasteiger charge is -2.27. The Morgan fingerprint density at radius 1 is 1.21 bits per heavy atom. The van der Waals surface area contributed by atoms with Gasteiger partial charge in [0.25, 0.3) is 0 Å². The number of allylic oxidation sites excluding steroid dienone is 2. The number of anilines is 1. The zero-order valence-corrected chi connectivity index (χ0v) is 16.8. The summed E-state index contributed by atoms with van der Waals surface area (Å²) in [4.78, 5) is 44.6. The maximum absolute atomic E-state index is 13.2. The van der Waals surface area contributed by atoms with E-state index >= 15 is 0 Å². The lowest BCUT2D eigenvalue weighted by molar-refractivity contribution is -0.147. The number of oxazole rings is 1. The molecule has 1 aliphatic heterocycles. The number of nitrogens with one attached hydrogen (secondary N) is 1. The van der Waals surface area contributed by atoms with Crippen LogP contribution >= 0.6 is 0 Å². The number of aryl methyl sites for hydroxylation is 1. The molecular formula is C22H25N3O4. The van der Waals surface area contributed by atoms with Gasteiger partial charge in [-0.1, -0.05) is 26.0 Å². The number of fused-ring (bicyclic) bond motifs is 2. The summed E-state index contributed by atoms with van der Waals surface area (Å²) in [6.07, 6.45) is 5.43. The van der Waals surface area contributed by atoms with Crippen molar-refractivity contribution >= 4 is 34.5 Å². The third-order valence-corrected chi connectivity index (χ3v) is 5.61. The molecule has 1 aromatic carbocycles. The molecule has 1 saturated heterocycles. The molecule has 4 rings (SSSR count). The van der Waals surface area contributed by atoms with Crippen molar-refractivity contribution in [3.8, 4) is 0 Å². The van der Waals surface area contributed by atoms with Gasteiger partial charge in [-0.2, -0.15) is 0 Å². The van der Waals surface area contributed by atoms with Gasteiger partial charge in [-0.25, -0.2) is 4.98 Å². The molecule has 0 radical (unpaired) electrons. The van der Waals surface area contributed by atoms with E-state index in [1.54, 1.807) is 25.1 Å². The van der Waals surface area contributed by atoms with Crippen molar-refractivity contribution < 1.29 is 18.8 Å². The number of amides is 3. The topological polar surface area (TPSA) is 92.5 Å². The van der Waals surface area contributed by atoms with Gasteiger partial charge in [0.2, 0.25) is 17.7 Å². The van der Waals surface area contributed by atoms with E-state index in [1.165, 1.54) is 4.90 Å². The summed E-state index contributed by atoms with van der Waals surface area (Å²) < 4.78 is 5.46. The Balaban J connectivity index is 1.59. The molecule has 1 fully saturated rings. The predicted molar refractivity (Wildman–Crippen MR) is 108 cm³/mol. The normalized spacial score (nSPS) is 22.4. The molecule has 0 saturated carbocycles. The highest BCUT2D eigenvalue weighted by Crippen LogP contribution is 2.37. The van der Waals surface area contributed by atoms with Gasteiger partial charge in [0, 0.05) is 12.6 Å². The predicted octanol–water partition coefficient (Wildman–Crippen LogP) is 3.44. The molecule has 1 aliphatic carbocycles. The van der Waals surface area contributed by atoms with E-state index in [-0.39, 0.29) is 35.5 Å². The molecule has 3 atom stereocenters. The Kier molecular flexibility index (Phi) is 4.98. The van der Waals surface area contributed by atoms with Crippen LogP contribution in [-0.2, 0) is 14.4 Å². The molecule has 1 aromatic heterocycles. The average Bonchev–Trinajstić information content (AvgIpc) is 3.16. The van der Waals surface area contributed by atoms with E-state index in [4.69, 9.17) is 4.42 Å². The van der Waals surface area contributed by atoms with E-state index in [0.717, 1.165) is 0 Å². The second kappa shape index (κ2) is 7.46. The molecule has 152 valence electrons. The van der Waals surface area contributed by atoms with Gasteiger partial charge in [0.05, 0.1) is 11.8 Å². The zero-order valence-electron chi connectivity index (χ0n) is 16.8. The Morgan fingerprint density at radius 3 is 2.48 bits per heavy atom. The molecule has 2 aromatic rings. The fourth-order valence-electron chi connectivity index (χ4n) is 4.26. The second-order valence-corrected chi connectivity index (χ2v) is 8.25. The number of likely N-dealkylation sites (tertiary alicyclic amines) is 1. The van der Waals surface area contributed by atoms with Crippen LogP contribution in [0.3, 0.4) is 0 Å². The van der Waals surface area contributed by atoms with Crippen molar-refractivity contribution in [2.45, 2.75) is 46.1 Å². The van der Waals surface area contributed by atoms with E-state index in [2.05, 4.69) is 10.3 Å². The van der Waals surface area contributed by atoms with Crippen molar-refractivity contribution in [1.29, 1.82) is 0 Å². The first-order valence-electron chi connectivity index (χ1n) is 10.0. The van der Waals surface area contributed by atoms with Gasteiger partial charge >= 0.3 is 0 Å². The minimum absolute atomic E-state index is 0.146. The minimum atomic E-state index is -0.824. The Morgan fingerprint density at radius 2 is 1.86 bits per heavy atom. The number of rotatable bonds is 5. The number of aromatic nitrogens is 1. The highest BCUT2D eigenvalue weighted by Gasteiger charge is 2.51. The molecule has 7 heteroatoms. The number of imide groups is 1. The summed E-state index contributed by atoms with van der Waals surface area (Å²) in [6, 6.07) is 4.38. The summed E-state index contributed by atoms with van der Waals surface area (Å²) in [7, 11) is 0. The molecule has 3 unspecified atom stereocenters. The standard InChI is InChI=1S/C22H25N3O4/c1-12(2)10-18(25-21(27)15-6-4-5-7-16(15)22(25)28)20(26)24-14-8-9-19-17(11-14)23-13(3)29-19/h4-5,8-9,11-12,15-16,18H,6-7,10H2,1-3H3,(H,24,26). The summed E-state index contributed by atoms with van der Waals surface area (Å²) in [5.41, 5.74) is 1.84. The first-order valence-corrected chi connectivity index (χ1v) is 10.0. The van der Waals surface area contributed by atoms with Crippen LogP contribution in [-0.4, -0.2) is 33.6 Å². The number of carbonyl (C=O) groups is 3. The van der Waals surface area contributed by atoms with Gasteiger partial charge < -0.3 is 9.73 Å². The highest BCUT2D eigenvalue weighted by molar-refractivity contribution is 6.10. The van der Waals surface area contributed by atoms with Crippen molar-refractivity contribution in [3.63, 3.8) is 0 Å². The molecule has 1 N–H and O–H groups in total. The molecule has 0 bridgehead atoms. The summed E-state index contributed by atoms with van der Waals surface area (Å²) in [5.74, 6) is -0.806. The van der Waals surface area contributed by atoms with Gasteiger partial charge in [-0.05, 0) is 43.4 Å². The Hall–Kier alpha value is -2.96. The minimum Gasteiger partial charge on any atom is -0.441 e. The van der Waals surface area contributed by atoms with E-state index < -0.39 is 6.04 Å². The number of hydrogen-bond donors (Lipinski definition) is 1. The smallest absolute Gasteiger partial charge is 0.247 e. The largest absolute Gasteiger partial charge is 0.441 e. The quantitative estimate of drug-likeness (QED) is 0.618. The SMILES string of the molecule is Cc1nc2cc(NC(=O)C(CC(C)C)N3C(=O)C4CC=CCC4C3=O)ccc2o1. The fraction of sp³-hybridized carbons (Fsp3) is 0.455. The van der Waals surface area contributed by atoms with Crippen LogP contribution in [0.25, 0.3) is 11.1 Å². The molecule has 2 aliphatic rings. The van der Waals surface area contributed by atoms with Gasteiger partial charge in [0.15, 0.2) is 11.5 Å². The van der Waals surface area contributed by atoms with Crippen molar-refractivity contribution in [3.05, 3.63) is 36.2 Å². The Labute approximate surface area is 169 Å². The van der Waals surface area contributed by atoms with Crippen LogP contribution in [0.4, 0.5) is 5.69 Å². The van der Waals surface area contributed by atoms with E-state index in [9.17, 15) is 14.4 Å². The number of hydrogen-bond acceptors (Lipinski definition) is 5. The number of carbonyl (C=O) groups excluding carboxylic acids is 3. The van der Waals surface area contributed by atoms with Crippen molar-refractivity contribution in [1.82, 2.24) is 9.88 Å². The third kappa shape index (κ3) is 3.57. The van der Waals surface area contributed by atoms with Gasteiger partial charge in [-0.15, -0.1) is 0 Å². The summed E-state index contributed by atoms with van der Waals surface area (Å²) >= 11 is 0. The number of nitrogens with zero attached hydrogens (tertiary/aromatic N) is 2. The molecule has 7 nitrogen and oxygen atoms in total. The first-order chi connectivity index (χ1) is 13.8. The van der Waals surface area contributed by atoms with Crippen LogP contribution in [0.5, 0.6) is 0 Å².